The molecule has 1 aromatic heterocycles. The fourth-order valence-corrected chi connectivity index (χ4v) is 1.80. The third kappa shape index (κ3) is 3.82. The Morgan fingerprint density at radius 1 is 1.38 bits per heavy atom. The minimum atomic E-state index is -0.610. The maximum absolute atomic E-state index is 13.3. The van der Waals surface area contributed by atoms with Crippen LogP contribution in [0.3, 0.4) is 0 Å². The molecule has 21 heavy (non-hydrogen) atoms. The molecule has 0 saturated heterocycles. The van der Waals surface area contributed by atoms with E-state index < -0.39 is 10.7 Å². The van der Waals surface area contributed by atoms with Crippen molar-refractivity contribution in [1.82, 2.24) is 15.5 Å². The molecule has 0 radical (unpaired) electrons. The number of halogens is 1. The smallest absolute Gasteiger partial charge is 0.282 e. The highest BCUT2D eigenvalue weighted by atomic mass is 19.1. The van der Waals surface area contributed by atoms with Crippen LogP contribution in [0.1, 0.15) is 19.2 Å². The number of benzene rings is 1. The Morgan fingerprint density at radius 3 is 2.90 bits per heavy atom. The van der Waals surface area contributed by atoms with Crippen LogP contribution in [0.25, 0.3) is 11.5 Å². The highest BCUT2D eigenvalue weighted by molar-refractivity contribution is 5.66. The first-order chi connectivity index (χ1) is 10.1. The molecule has 8 heteroatoms. The van der Waals surface area contributed by atoms with E-state index in [1.54, 1.807) is 0 Å². The first-order valence-electron chi connectivity index (χ1n) is 6.59. The lowest BCUT2D eigenvalue weighted by Crippen LogP contribution is -2.17. The maximum atomic E-state index is 13.3. The van der Waals surface area contributed by atoms with E-state index in [-0.39, 0.29) is 17.1 Å². The molecule has 2 aromatic rings. The van der Waals surface area contributed by atoms with Crippen molar-refractivity contribution in [3.05, 3.63) is 40.0 Å². The molecule has 0 aliphatic heterocycles. The van der Waals surface area contributed by atoms with E-state index in [0.29, 0.717) is 18.9 Å². The summed E-state index contributed by atoms with van der Waals surface area (Å²) in [4.78, 5) is 10.3. The summed E-state index contributed by atoms with van der Waals surface area (Å²) in [5, 5.41) is 21.7. The van der Waals surface area contributed by atoms with Crippen LogP contribution in [-0.4, -0.2) is 28.2 Å². The van der Waals surface area contributed by atoms with Crippen LogP contribution >= 0.6 is 0 Å². The molecular weight excluding hydrogens is 279 g/mol. The quantitative estimate of drug-likeness (QED) is 0.478. The molecule has 0 fully saturated rings. The SMILES string of the molecule is CCCNCCc1nnc(-c2cc(F)ccc2[N+](=O)[O-])o1. The third-order valence-corrected chi connectivity index (χ3v) is 2.79. The van der Waals surface area contributed by atoms with E-state index in [9.17, 15) is 14.5 Å². The molecule has 112 valence electrons. The van der Waals surface area contributed by atoms with Crippen LogP contribution in [0.15, 0.2) is 22.6 Å². The van der Waals surface area contributed by atoms with Crippen LogP contribution < -0.4 is 5.32 Å². The van der Waals surface area contributed by atoms with Crippen LogP contribution in [-0.2, 0) is 6.42 Å². The lowest BCUT2D eigenvalue weighted by Gasteiger charge is -1.99. The fourth-order valence-electron chi connectivity index (χ4n) is 1.80. The van der Waals surface area contributed by atoms with Crippen molar-refractivity contribution in [3.63, 3.8) is 0 Å². The molecular formula is C13H15FN4O3. The molecule has 0 atom stereocenters. The molecule has 1 N–H and O–H groups in total. The van der Waals surface area contributed by atoms with Crippen molar-refractivity contribution in [3.8, 4) is 11.5 Å². The Hall–Kier alpha value is -2.35. The number of nitrogens with zero attached hydrogens (tertiary/aromatic N) is 3. The van der Waals surface area contributed by atoms with Gasteiger partial charge in [-0.2, -0.15) is 0 Å². The second-order valence-corrected chi connectivity index (χ2v) is 4.42. The van der Waals surface area contributed by atoms with Crippen molar-refractivity contribution < 1.29 is 13.7 Å². The van der Waals surface area contributed by atoms with Gasteiger partial charge < -0.3 is 9.73 Å². The summed E-state index contributed by atoms with van der Waals surface area (Å²) in [7, 11) is 0. The van der Waals surface area contributed by atoms with E-state index in [4.69, 9.17) is 4.42 Å². The van der Waals surface area contributed by atoms with Crippen LogP contribution in [0, 0.1) is 15.9 Å². The lowest BCUT2D eigenvalue weighted by molar-refractivity contribution is -0.384. The molecule has 2 rings (SSSR count). The van der Waals surface area contributed by atoms with Crippen molar-refractivity contribution in [1.29, 1.82) is 0 Å². The summed E-state index contributed by atoms with van der Waals surface area (Å²) < 4.78 is 18.6. The Balaban J connectivity index is 2.17. The molecule has 0 bridgehead atoms. The number of rotatable bonds is 7. The monoisotopic (exact) mass is 294 g/mol. The zero-order valence-corrected chi connectivity index (χ0v) is 11.5. The Bertz CT molecular complexity index is 630. The minimum Gasteiger partial charge on any atom is -0.420 e. The zero-order valence-electron chi connectivity index (χ0n) is 11.5. The summed E-state index contributed by atoms with van der Waals surface area (Å²) in [5.74, 6) is -0.293. The molecule has 0 unspecified atom stereocenters. The number of nitro groups is 1. The average molecular weight is 294 g/mol. The predicted octanol–water partition coefficient (Wildman–Crippen LogP) is 2.33. The molecule has 0 amide bonds. The van der Waals surface area contributed by atoms with Gasteiger partial charge in [-0.1, -0.05) is 6.92 Å². The molecule has 0 aliphatic rings. The fraction of sp³-hybridized carbons (Fsp3) is 0.385. The van der Waals surface area contributed by atoms with Gasteiger partial charge in [0.1, 0.15) is 11.4 Å². The number of nitrogens with one attached hydrogen (secondary N) is 1. The first kappa shape index (κ1) is 15.0. The molecule has 0 saturated carbocycles. The second-order valence-electron chi connectivity index (χ2n) is 4.42. The normalized spacial score (nSPS) is 10.8. The summed E-state index contributed by atoms with van der Waals surface area (Å²) >= 11 is 0. The maximum Gasteiger partial charge on any atom is 0.282 e. The van der Waals surface area contributed by atoms with E-state index in [1.165, 1.54) is 0 Å². The van der Waals surface area contributed by atoms with Gasteiger partial charge in [-0.25, -0.2) is 4.39 Å². The standard InChI is InChI=1S/C13H15FN4O3/c1-2-6-15-7-5-12-16-17-13(21-12)10-8-9(14)3-4-11(10)18(19)20/h3-4,8,15H,2,5-7H2,1H3. The molecule has 0 spiro atoms. The summed E-state index contributed by atoms with van der Waals surface area (Å²) in [6.07, 6.45) is 1.53. The van der Waals surface area contributed by atoms with Crippen LogP contribution in [0.5, 0.6) is 0 Å². The van der Waals surface area contributed by atoms with E-state index in [2.05, 4.69) is 22.4 Å². The van der Waals surface area contributed by atoms with Gasteiger partial charge >= 0.3 is 0 Å². The Labute approximate surface area is 120 Å². The van der Waals surface area contributed by atoms with Crippen LogP contribution in [0.2, 0.25) is 0 Å². The Morgan fingerprint density at radius 2 is 2.19 bits per heavy atom. The minimum absolute atomic E-state index is 0.0136. The highest BCUT2D eigenvalue weighted by Gasteiger charge is 2.21. The van der Waals surface area contributed by atoms with Gasteiger partial charge in [0, 0.05) is 19.0 Å². The highest BCUT2D eigenvalue weighted by Crippen LogP contribution is 2.29. The largest absolute Gasteiger partial charge is 0.420 e. The van der Waals surface area contributed by atoms with Crippen LogP contribution in [0.4, 0.5) is 10.1 Å². The summed E-state index contributed by atoms with van der Waals surface area (Å²) in [6.45, 7) is 3.61. The van der Waals surface area contributed by atoms with Gasteiger partial charge in [0.2, 0.25) is 5.89 Å². The van der Waals surface area contributed by atoms with Crippen molar-refractivity contribution in [2.75, 3.05) is 13.1 Å². The van der Waals surface area contributed by atoms with Crippen molar-refractivity contribution >= 4 is 5.69 Å². The number of aromatic nitrogens is 2. The van der Waals surface area contributed by atoms with Gasteiger partial charge in [0.15, 0.2) is 0 Å². The summed E-state index contributed by atoms with van der Waals surface area (Å²) in [6, 6.07) is 3.12. The van der Waals surface area contributed by atoms with Gasteiger partial charge in [0.25, 0.3) is 11.6 Å². The predicted molar refractivity (Wildman–Crippen MR) is 73.2 cm³/mol. The number of hydrogen-bond acceptors (Lipinski definition) is 6. The summed E-state index contributed by atoms with van der Waals surface area (Å²) in [5.41, 5.74) is -0.282. The van der Waals surface area contributed by atoms with E-state index in [1.807, 2.05) is 0 Å². The molecule has 0 aliphatic carbocycles. The number of hydrogen-bond donors (Lipinski definition) is 1. The zero-order chi connectivity index (χ0) is 15.2. The Kier molecular flexibility index (Phi) is 4.94. The topological polar surface area (TPSA) is 94.1 Å². The van der Waals surface area contributed by atoms with Gasteiger partial charge in [-0.15, -0.1) is 10.2 Å². The third-order valence-electron chi connectivity index (χ3n) is 2.79. The van der Waals surface area contributed by atoms with Crippen molar-refractivity contribution in [2.45, 2.75) is 19.8 Å². The lowest BCUT2D eigenvalue weighted by atomic mass is 10.2. The molecule has 1 aromatic carbocycles. The number of nitro benzene ring substituents is 1. The van der Waals surface area contributed by atoms with Gasteiger partial charge in [-0.05, 0) is 25.1 Å². The molecule has 1 heterocycles. The van der Waals surface area contributed by atoms with Gasteiger partial charge in [0.05, 0.1) is 4.92 Å². The van der Waals surface area contributed by atoms with E-state index >= 15 is 0 Å². The molecule has 7 nitrogen and oxygen atoms in total. The average Bonchev–Trinajstić information content (AvgIpc) is 2.92. The second kappa shape index (κ2) is 6.89. The van der Waals surface area contributed by atoms with Gasteiger partial charge in [-0.3, -0.25) is 10.1 Å². The van der Waals surface area contributed by atoms with Crippen molar-refractivity contribution in [2.24, 2.45) is 0 Å². The van der Waals surface area contributed by atoms with E-state index in [0.717, 1.165) is 31.2 Å². The first-order valence-corrected chi connectivity index (χ1v) is 6.59.